The van der Waals surface area contributed by atoms with Gasteiger partial charge < -0.3 is 20.8 Å². The van der Waals surface area contributed by atoms with Crippen LogP contribution in [0.25, 0.3) is 0 Å². The molecule has 0 atom stereocenters. The molecule has 6 nitrogen and oxygen atoms in total. The third-order valence-electron chi connectivity index (χ3n) is 2.50. The summed E-state index contributed by atoms with van der Waals surface area (Å²) in [6.07, 6.45) is 1.44. The fourth-order valence-electron chi connectivity index (χ4n) is 1.50. The van der Waals surface area contributed by atoms with E-state index >= 15 is 0 Å². The van der Waals surface area contributed by atoms with Crippen LogP contribution in [0.1, 0.15) is 11.1 Å². The van der Waals surface area contributed by atoms with Crippen molar-refractivity contribution in [3.8, 4) is 11.6 Å². The Morgan fingerprint density at radius 2 is 2.05 bits per heavy atom. The van der Waals surface area contributed by atoms with Gasteiger partial charge in [-0.2, -0.15) is 0 Å². The molecule has 1 heterocycles. The van der Waals surface area contributed by atoms with Crippen LogP contribution >= 0.6 is 0 Å². The van der Waals surface area contributed by atoms with Crippen LogP contribution in [0.3, 0.4) is 0 Å². The van der Waals surface area contributed by atoms with Gasteiger partial charge in [-0.05, 0) is 12.1 Å². The normalized spacial score (nSPS) is 11.3. The van der Waals surface area contributed by atoms with Crippen LogP contribution in [0.2, 0.25) is 0 Å². The first-order valence-corrected chi connectivity index (χ1v) is 5.55. The lowest BCUT2D eigenvalue weighted by Gasteiger charge is -2.08. The maximum Gasteiger partial charge on any atom is 0.219 e. The van der Waals surface area contributed by atoms with Crippen LogP contribution in [0.5, 0.6) is 11.6 Å². The first-order valence-electron chi connectivity index (χ1n) is 5.55. The molecule has 2 aromatic rings. The van der Waals surface area contributed by atoms with Crippen molar-refractivity contribution >= 4 is 5.84 Å². The Bertz CT molecular complexity index is 582. The third-order valence-corrected chi connectivity index (χ3v) is 2.50. The van der Waals surface area contributed by atoms with Crippen LogP contribution in [0.15, 0.2) is 47.8 Å². The number of hydrogen-bond donors (Lipinski definition) is 3. The number of oxime groups is 1. The minimum Gasteiger partial charge on any atom is -0.439 e. The Hall–Kier alpha value is -2.60. The lowest BCUT2D eigenvalue weighted by atomic mass is 10.2. The minimum absolute atomic E-state index is 0.0187. The molecular formula is C13H13N3O3. The molecule has 0 unspecified atom stereocenters. The smallest absolute Gasteiger partial charge is 0.219 e. The summed E-state index contributed by atoms with van der Waals surface area (Å²) >= 11 is 0. The van der Waals surface area contributed by atoms with Gasteiger partial charge in [0.1, 0.15) is 5.75 Å². The van der Waals surface area contributed by atoms with E-state index in [1.165, 1.54) is 6.20 Å². The van der Waals surface area contributed by atoms with Gasteiger partial charge in [0, 0.05) is 23.4 Å². The molecule has 0 aliphatic rings. The predicted molar refractivity (Wildman–Crippen MR) is 69.2 cm³/mol. The van der Waals surface area contributed by atoms with Gasteiger partial charge in [0.25, 0.3) is 0 Å². The summed E-state index contributed by atoms with van der Waals surface area (Å²) in [6, 6.07) is 10.3. The number of benzene rings is 1. The summed E-state index contributed by atoms with van der Waals surface area (Å²) in [5, 5.41) is 20.6. The Morgan fingerprint density at radius 3 is 2.68 bits per heavy atom. The van der Waals surface area contributed by atoms with E-state index in [4.69, 9.17) is 15.7 Å². The number of para-hydroxylation sites is 1. The summed E-state index contributed by atoms with van der Waals surface area (Å²) < 4.78 is 5.55. The van der Waals surface area contributed by atoms with Gasteiger partial charge in [0.05, 0.1) is 6.61 Å². The number of amidine groups is 1. The van der Waals surface area contributed by atoms with E-state index < -0.39 is 0 Å². The van der Waals surface area contributed by atoms with Crippen LogP contribution in [0.4, 0.5) is 0 Å². The van der Waals surface area contributed by atoms with E-state index in [1.807, 2.05) is 6.07 Å². The summed E-state index contributed by atoms with van der Waals surface area (Å²) in [5.41, 5.74) is 6.59. The number of ether oxygens (including phenoxy) is 1. The maximum absolute atomic E-state index is 9.18. The van der Waals surface area contributed by atoms with Crippen molar-refractivity contribution in [2.75, 3.05) is 0 Å². The number of aliphatic hydroxyl groups excluding tert-OH is 1. The van der Waals surface area contributed by atoms with Crippen LogP contribution < -0.4 is 10.5 Å². The van der Waals surface area contributed by atoms with Crippen molar-refractivity contribution in [2.24, 2.45) is 10.9 Å². The molecule has 0 radical (unpaired) electrons. The molecule has 0 bridgehead atoms. The number of nitrogens with zero attached hydrogens (tertiary/aromatic N) is 2. The molecule has 6 heteroatoms. The Kier molecular flexibility index (Phi) is 3.94. The second kappa shape index (κ2) is 5.83. The van der Waals surface area contributed by atoms with E-state index in [1.54, 1.807) is 30.3 Å². The topological polar surface area (TPSA) is 101 Å². The standard InChI is InChI=1S/C13H13N3O3/c14-13(16-18)9-5-6-12(15-7-9)19-11-4-2-1-3-10(11)8-17/h1-7,17-18H,8H2,(H2,14,16). The van der Waals surface area contributed by atoms with E-state index in [9.17, 15) is 5.11 Å². The Labute approximate surface area is 109 Å². The molecule has 1 aromatic heterocycles. The minimum atomic E-state index is -0.113. The van der Waals surface area contributed by atoms with Crippen molar-refractivity contribution in [1.82, 2.24) is 4.98 Å². The zero-order valence-corrected chi connectivity index (χ0v) is 10.0. The summed E-state index contributed by atoms with van der Waals surface area (Å²) in [4.78, 5) is 4.04. The highest BCUT2D eigenvalue weighted by molar-refractivity contribution is 5.96. The molecule has 0 fully saturated rings. The summed E-state index contributed by atoms with van der Waals surface area (Å²) in [5.74, 6) is 0.874. The quantitative estimate of drug-likeness (QED) is 0.334. The summed E-state index contributed by atoms with van der Waals surface area (Å²) in [7, 11) is 0. The fourth-order valence-corrected chi connectivity index (χ4v) is 1.50. The number of rotatable bonds is 4. The molecule has 0 saturated heterocycles. The fraction of sp³-hybridized carbons (Fsp3) is 0.0769. The molecular weight excluding hydrogens is 246 g/mol. The molecule has 0 saturated carbocycles. The second-order valence-electron chi connectivity index (χ2n) is 3.74. The van der Waals surface area contributed by atoms with Gasteiger partial charge in [-0.3, -0.25) is 0 Å². The zero-order valence-electron chi connectivity index (χ0n) is 10.0. The lowest BCUT2D eigenvalue weighted by molar-refractivity contribution is 0.276. The van der Waals surface area contributed by atoms with Gasteiger partial charge in [-0.15, -0.1) is 0 Å². The number of aliphatic hydroxyl groups is 1. The first kappa shape index (κ1) is 12.8. The van der Waals surface area contributed by atoms with E-state index in [0.717, 1.165) is 0 Å². The molecule has 1 aromatic carbocycles. The van der Waals surface area contributed by atoms with Crippen LogP contribution in [-0.2, 0) is 6.61 Å². The SMILES string of the molecule is NC(=NO)c1ccc(Oc2ccccc2CO)nc1. The van der Waals surface area contributed by atoms with Crippen molar-refractivity contribution in [2.45, 2.75) is 6.61 Å². The molecule has 0 amide bonds. The third kappa shape index (κ3) is 2.99. The highest BCUT2D eigenvalue weighted by Gasteiger charge is 2.05. The lowest BCUT2D eigenvalue weighted by Crippen LogP contribution is -2.13. The van der Waals surface area contributed by atoms with Gasteiger partial charge >= 0.3 is 0 Å². The molecule has 0 aliphatic heterocycles. The van der Waals surface area contributed by atoms with E-state index in [0.29, 0.717) is 22.8 Å². The molecule has 0 aliphatic carbocycles. The zero-order chi connectivity index (χ0) is 13.7. The molecule has 19 heavy (non-hydrogen) atoms. The van der Waals surface area contributed by atoms with Gasteiger partial charge in [0.15, 0.2) is 5.84 Å². The number of aromatic nitrogens is 1. The molecule has 98 valence electrons. The second-order valence-corrected chi connectivity index (χ2v) is 3.74. The predicted octanol–water partition coefficient (Wildman–Crippen LogP) is 1.46. The average Bonchev–Trinajstić information content (AvgIpc) is 2.48. The number of nitrogens with two attached hydrogens (primary N) is 1. The number of pyridine rings is 1. The van der Waals surface area contributed by atoms with Crippen molar-refractivity contribution < 1.29 is 15.1 Å². The Morgan fingerprint density at radius 1 is 1.26 bits per heavy atom. The Balaban J connectivity index is 2.20. The van der Waals surface area contributed by atoms with Gasteiger partial charge in [0.2, 0.25) is 5.88 Å². The monoisotopic (exact) mass is 259 g/mol. The maximum atomic E-state index is 9.18. The van der Waals surface area contributed by atoms with E-state index in [2.05, 4.69) is 10.1 Å². The molecule has 4 N–H and O–H groups in total. The number of hydrogen-bond acceptors (Lipinski definition) is 5. The highest BCUT2D eigenvalue weighted by Crippen LogP contribution is 2.23. The average molecular weight is 259 g/mol. The summed E-state index contributed by atoms with van der Waals surface area (Å²) in [6.45, 7) is -0.113. The van der Waals surface area contributed by atoms with Crippen molar-refractivity contribution in [1.29, 1.82) is 0 Å². The largest absolute Gasteiger partial charge is 0.439 e. The van der Waals surface area contributed by atoms with Crippen LogP contribution in [0, 0.1) is 0 Å². The highest BCUT2D eigenvalue weighted by atomic mass is 16.5. The van der Waals surface area contributed by atoms with Gasteiger partial charge in [-0.1, -0.05) is 23.4 Å². The molecule has 2 rings (SSSR count). The van der Waals surface area contributed by atoms with Gasteiger partial charge in [-0.25, -0.2) is 4.98 Å². The van der Waals surface area contributed by atoms with Crippen molar-refractivity contribution in [3.63, 3.8) is 0 Å². The van der Waals surface area contributed by atoms with Crippen molar-refractivity contribution in [3.05, 3.63) is 53.7 Å². The van der Waals surface area contributed by atoms with Crippen LogP contribution in [-0.4, -0.2) is 21.1 Å². The molecule has 0 spiro atoms. The first-order chi connectivity index (χ1) is 9.24. The van der Waals surface area contributed by atoms with E-state index in [-0.39, 0.29) is 12.4 Å².